The van der Waals surface area contributed by atoms with Gasteiger partial charge in [-0.05, 0) is 12.0 Å². The first-order valence-corrected chi connectivity index (χ1v) is 3.97. The third-order valence-electron chi connectivity index (χ3n) is 1.65. The molecule has 1 heterocycles. The number of aryl methyl sites for hydroxylation is 1. The minimum Gasteiger partial charge on any atom is -0.481 e. The van der Waals surface area contributed by atoms with Gasteiger partial charge in [0.05, 0.1) is 12.6 Å². The summed E-state index contributed by atoms with van der Waals surface area (Å²) in [5, 5.41) is 15.0. The van der Waals surface area contributed by atoms with Gasteiger partial charge in [-0.3, -0.25) is 9.89 Å². The van der Waals surface area contributed by atoms with Gasteiger partial charge in [-0.15, -0.1) is 0 Å². The molecule has 66 valence electrons. The number of carboxylic acid groups (broad SMARTS) is 1. The molecule has 2 N–H and O–H groups in total. The Morgan fingerprint density at radius 2 is 2.50 bits per heavy atom. The van der Waals surface area contributed by atoms with Crippen molar-refractivity contribution in [2.24, 2.45) is 0 Å². The maximum atomic E-state index is 10.4. The summed E-state index contributed by atoms with van der Waals surface area (Å²) >= 11 is 0. The fourth-order valence-electron chi connectivity index (χ4n) is 1.13. The summed E-state index contributed by atoms with van der Waals surface area (Å²) in [6, 6.07) is 0. The van der Waals surface area contributed by atoms with Crippen LogP contribution in [0.25, 0.3) is 0 Å². The lowest BCUT2D eigenvalue weighted by Crippen LogP contribution is -2.02. The van der Waals surface area contributed by atoms with Gasteiger partial charge in [0.1, 0.15) is 0 Å². The molecule has 0 saturated carbocycles. The molecule has 0 saturated heterocycles. The minimum absolute atomic E-state index is 0.0370. The van der Waals surface area contributed by atoms with Crippen molar-refractivity contribution in [3.63, 3.8) is 0 Å². The number of carboxylic acids is 1. The summed E-state index contributed by atoms with van der Waals surface area (Å²) in [5.74, 6) is -0.823. The SMILES string of the molecule is CCCc1cn[nH]c1CC(=O)O. The first kappa shape index (κ1) is 8.77. The molecule has 4 heteroatoms. The van der Waals surface area contributed by atoms with Gasteiger partial charge in [0.25, 0.3) is 0 Å². The zero-order valence-corrected chi connectivity index (χ0v) is 7.00. The van der Waals surface area contributed by atoms with Crippen LogP contribution >= 0.6 is 0 Å². The molecule has 12 heavy (non-hydrogen) atoms. The van der Waals surface area contributed by atoms with Crippen molar-refractivity contribution in [1.29, 1.82) is 0 Å². The van der Waals surface area contributed by atoms with E-state index in [1.807, 2.05) is 0 Å². The van der Waals surface area contributed by atoms with Crippen LogP contribution in [0.1, 0.15) is 24.6 Å². The number of aromatic nitrogens is 2. The monoisotopic (exact) mass is 168 g/mol. The van der Waals surface area contributed by atoms with E-state index in [-0.39, 0.29) is 6.42 Å². The van der Waals surface area contributed by atoms with Gasteiger partial charge in [-0.25, -0.2) is 0 Å². The Kier molecular flexibility index (Phi) is 2.85. The molecule has 0 radical (unpaired) electrons. The highest BCUT2D eigenvalue weighted by Crippen LogP contribution is 2.07. The predicted molar refractivity (Wildman–Crippen MR) is 43.9 cm³/mol. The molecule has 0 aliphatic heterocycles. The van der Waals surface area contributed by atoms with Crippen molar-refractivity contribution in [3.05, 3.63) is 17.5 Å². The molecule has 0 unspecified atom stereocenters. The Morgan fingerprint density at radius 1 is 1.75 bits per heavy atom. The molecule has 1 aromatic heterocycles. The number of aliphatic carboxylic acids is 1. The molecule has 0 fully saturated rings. The second kappa shape index (κ2) is 3.90. The second-order valence-corrected chi connectivity index (χ2v) is 2.69. The summed E-state index contributed by atoms with van der Waals surface area (Å²) < 4.78 is 0. The number of hydrogen-bond acceptors (Lipinski definition) is 2. The fourth-order valence-corrected chi connectivity index (χ4v) is 1.13. The van der Waals surface area contributed by atoms with Crippen LogP contribution in [0.3, 0.4) is 0 Å². The van der Waals surface area contributed by atoms with Gasteiger partial charge < -0.3 is 5.11 Å². The third kappa shape index (κ3) is 2.08. The molecule has 0 bridgehead atoms. The van der Waals surface area contributed by atoms with Crippen molar-refractivity contribution in [3.8, 4) is 0 Å². The molecular formula is C8H12N2O2. The van der Waals surface area contributed by atoms with Crippen LogP contribution in [0.4, 0.5) is 0 Å². The van der Waals surface area contributed by atoms with Crippen LogP contribution in [0.5, 0.6) is 0 Å². The minimum atomic E-state index is -0.823. The van der Waals surface area contributed by atoms with Gasteiger partial charge in [-0.1, -0.05) is 13.3 Å². The number of nitrogens with zero attached hydrogens (tertiary/aromatic N) is 1. The Labute approximate surface area is 70.6 Å². The molecule has 0 amide bonds. The smallest absolute Gasteiger partial charge is 0.309 e. The normalized spacial score (nSPS) is 10.1. The number of carbonyl (C=O) groups is 1. The number of H-pyrrole nitrogens is 1. The van der Waals surface area contributed by atoms with E-state index in [2.05, 4.69) is 17.1 Å². The summed E-state index contributed by atoms with van der Waals surface area (Å²) in [4.78, 5) is 10.4. The maximum absolute atomic E-state index is 10.4. The highest BCUT2D eigenvalue weighted by molar-refractivity contribution is 5.69. The van der Waals surface area contributed by atoms with Crippen LogP contribution in [0.15, 0.2) is 6.20 Å². The Hall–Kier alpha value is -1.32. The van der Waals surface area contributed by atoms with Crippen LogP contribution in [0.2, 0.25) is 0 Å². The van der Waals surface area contributed by atoms with E-state index in [0.717, 1.165) is 24.1 Å². The van der Waals surface area contributed by atoms with E-state index in [4.69, 9.17) is 5.11 Å². The van der Waals surface area contributed by atoms with Crippen LogP contribution < -0.4 is 0 Å². The first-order valence-electron chi connectivity index (χ1n) is 3.97. The van der Waals surface area contributed by atoms with Crippen molar-refractivity contribution < 1.29 is 9.90 Å². The Balaban J connectivity index is 2.69. The quantitative estimate of drug-likeness (QED) is 0.704. The third-order valence-corrected chi connectivity index (χ3v) is 1.65. The molecule has 0 aliphatic rings. The number of rotatable bonds is 4. The van der Waals surface area contributed by atoms with Crippen molar-refractivity contribution in [1.82, 2.24) is 10.2 Å². The highest BCUT2D eigenvalue weighted by atomic mass is 16.4. The first-order chi connectivity index (χ1) is 5.74. The summed E-state index contributed by atoms with van der Waals surface area (Å²) in [6.07, 6.45) is 3.63. The van der Waals surface area contributed by atoms with Crippen molar-refractivity contribution >= 4 is 5.97 Å². The highest BCUT2D eigenvalue weighted by Gasteiger charge is 2.07. The summed E-state index contributed by atoms with van der Waals surface area (Å²) in [7, 11) is 0. The average Bonchev–Trinajstić information content (AvgIpc) is 2.37. The second-order valence-electron chi connectivity index (χ2n) is 2.69. The van der Waals surface area contributed by atoms with Gasteiger partial charge in [0, 0.05) is 5.69 Å². The van der Waals surface area contributed by atoms with Gasteiger partial charge in [0.2, 0.25) is 0 Å². The van der Waals surface area contributed by atoms with Gasteiger partial charge in [-0.2, -0.15) is 5.10 Å². The number of hydrogen-bond donors (Lipinski definition) is 2. The van der Waals surface area contributed by atoms with Crippen molar-refractivity contribution in [2.75, 3.05) is 0 Å². The van der Waals surface area contributed by atoms with Gasteiger partial charge in [0.15, 0.2) is 0 Å². The number of aromatic amines is 1. The van der Waals surface area contributed by atoms with E-state index >= 15 is 0 Å². The standard InChI is InChI=1S/C8H12N2O2/c1-2-3-6-5-9-10-7(6)4-8(11)12/h5H,2-4H2,1H3,(H,9,10)(H,11,12). The topological polar surface area (TPSA) is 66.0 Å². The summed E-state index contributed by atoms with van der Waals surface area (Å²) in [5.41, 5.74) is 1.74. The van der Waals surface area contributed by atoms with E-state index in [1.54, 1.807) is 6.20 Å². The lowest BCUT2D eigenvalue weighted by atomic mass is 10.1. The summed E-state index contributed by atoms with van der Waals surface area (Å²) in [6.45, 7) is 2.05. The van der Waals surface area contributed by atoms with Crippen LogP contribution in [-0.4, -0.2) is 21.3 Å². The maximum Gasteiger partial charge on any atom is 0.309 e. The van der Waals surface area contributed by atoms with Crippen LogP contribution in [0, 0.1) is 0 Å². The van der Waals surface area contributed by atoms with Crippen LogP contribution in [-0.2, 0) is 17.6 Å². The molecule has 0 aliphatic carbocycles. The van der Waals surface area contributed by atoms with E-state index in [1.165, 1.54) is 0 Å². The molecule has 0 spiro atoms. The average molecular weight is 168 g/mol. The Bertz CT molecular complexity index is 268. The largest absolute Gasteiger partial charge is 0.481 e. The Morgan fingerprint density at radius 3 is 3.08 bits per heavy atom. The zero-order chi connectivity index (χ0) is 8.97. The molecule has 4 nitrogen and oxygen atoms in total. The molecule has 0 atom stereocenters. The van der Waals surface area contributed by atoms with E-state index < -0.39 is 5.97 Å². The molecule has 1 aromatic rings. The fraction of sp³-hybridized carbons (Fsp3) is 0.500. The lowest BCUT2D eigenvalue weighted by Gasteiger charge is -1.96. The zero-order valence-electron chi connectivity index (χ0n) is 7.00. The molecule has 1 rings (SSSR count). The molecule has 0 aromatic carbocycles. The molecular weight excluding hydrogens is 156 g/mol. The van der Waals surface area contributed by atoms with E-state index in [9.17, 15) is 4.79 Å². The van der Waals surface area contributed by atoms with Crippen molar-refractivity contribution in [2.45, 2.75) is 26.2 Å². The number of nitrogens with one attached hydrogen (secondary N) is 1. The van der Waals surface area contributed by atoms with E-state index in [0.29, 0.717) is 0 Å². The predicted octanol–water partition coefficient (Wildman–Crippen LogP) is 0.989. The lowest BCUT2D eigenvalue weighted by molar-refractivity contribution is -0.136. The van der Waals surface area contributed by atoms with Gasteiger partial charge >= 0.3 is 5.97 Å².